The Labute approximate surface area is 87.9 Å². The number of fused-ring (bicyclic) bond motifs is 1. The summed E-state index contributed by atoms with van der Waals surface area (Å²) in [5.41, 5.74) is 1.64. The molecule has 1 unspecified atom stereocenters. The maximum absolute atomic E-state index is 11.2. The van der Waals surface area contributed by atoms with Crippen LogP contribution >= 0.6 is 11.3 Å². The van der Waals surface area contributed by atoms with E-state index in [-0.39, 0.29) is 0 Å². The van der Waals surface area contributed by atoms with E-state index >= 15 is 0 Å². The van der Waals surface area contributed by atoms with Gasteiger partial charge < -0.3 is 0 Å². The van der Waals surface area contributed by atoms with Gasteiger partial charge in [0.25, 0.3) is 0 Å². The van der Waals surface area contributed by atoms with Crippen LogP contribution in [-0.4, -0.2) is 25.4 Å². The predicted octanol–water partition coefficient (Wildman–Crippen LogP) is 1.39. The van der Waals surface area contributed by atoms with Crippen molar-refractivity contribution in [3.63, 3.8) is 0 Å². The molecule has 0 aliphatic heterocycles. The fourth-order valence-corrected chi connectivity index (χ4v) is 2.90. The molecule has 0 saturated carbocycles. The van der Waals surface area contributed by atoms with Gasteiger partial charge in [-0.15, -0.1) is 11.3 Å². The third kappa shape index (κ3) is 1.55. The van der Waals surface area contributed by atoms with E-state index in [1.807, 2.05) is 6.92 Å². The molecule has 0 amide bonds. The van der Waals surface area contributed by atoms with Gasteiger partial charge in [0.1, 0.15) is 6.33 Å². The van der Waals surface area contributed by atoms with E-state index in [9.17, 15) is 4.21 Å². The van der Waals surface area contributed by atoms with E-state index < -0.39 is 10.8 Å². The smallest absolute Gasteiger partial charge is 0.183 e. The van der Waals surface area contributed by atoms with Crippen LogP contribution in [0.25, 0.3) is 10.3 Å². The Morgan fingerprint density at radius 2 is 2.29 bits per heavy atom. The van der Waals surface area contributed by atoms with Gasteiger partial charge in [-0.3, -0.25) is 4.21 Å². The summed E-state index contributed by atoms with van der Waals surface area (Å²) in [6.07, 6.45) is 3.97. The molecule has 0 aliphatic carbocycles. The zero-order valence-electron chi connectivity index (χ0n) is 7.85. The van der Waals surface area contributed by atoms with E-state index in [0.717, 1.165) is 16.8 Å². The van der Waals surface area contributed by atoms with Gasteiger partial charge in [-0.25, -0.2) is 15.0 Å². The first-order valence-corrected chi connectivity index (χ1v) is 6.53. The Bertz CT molecular complexity index is 494. The van der Waals surface area contributed by atoms with Crippen molar-refractivity contribution in [2.45, 2.75) is 17.7 Å². The van der Waals surface area contributed by atoms with E-state index in [0.29, 0.717) is 9.99 Å². The highest BCUT2D eigenvalue weighted by Crippen LogP contribution is 2.24. The van der Waals surface area contributed by atoms with Crippen LogP contribution in [0.5, 0.6) is 0 Å². The Kier molecular flexibility index (Phi) is 2.56. The van der Waals surface area contributed by atoms with Crippen LogP contribution in [0, 0.1) is 0 Å². The molecule has 0 fully saturated rings. The van der Waals surface area contributed by atoms with Crippen LogP contribution in [-0.2, 0) is 17.2 Å². The molecular weight excluding hydrogens is 218 g/mol. The van der Waals surface area contributed by atoms with Crippen LogP contribution in [0.15, 0.2) is 10.7 Å². The van der Waals surface area contributed by atoms with E-state index in [4.69, 9.17) is 0 Å². The lowest BCUT2D eigenvalue weighted by Crippen LogP contribution is -1.88. The van der Waals surface area contributed by atoms with Gasteiger partial charge in [0, 0.05) is 6.26 Å². The molecule has 0 saturated heterocycles. The third-order valence-corrected chi connectivity index (χ3v) is 4.25. The van der Waals surface area contributed by atoms with Crippen molar-refractivity contribution >= 4 is 32.5 Å². The standard InChI is InChI=1S/C8H9N3OS2/c1-3-5-6-7(10-4-9-5)11-8(13-6)14(2)12/h4H,3H2,1-2H3. The topological polar surface area (TPSA) is 55.7 Å². The molecule has 74 valence electrons. The third-order valence-electron chi connectivity index (χ3n) is 1.83. The van der Waals surface area contributed by atoms with Gasteiger partial charge >= 0.3 is 0 Å². The van der Waals surface area contributed by atoms with Crippen molar-refractivity contribution in [2.75, 3.05) is 6.26 Å². The zero-order valence-corrected chi connectivity index (χ0v) is 9.48. The molecule has 4 nitrogen and oxygen atoms in total. The number of hydrogen-bond acceptors (Lipinski definition) is 5. The SMILES string of the molecule is CCc1ncnc2nc(S(C)=O)sc12. The minimum absolute atomic E-state index is 0.621. The molecule has 6 heteroatoms. The lowest BCUT2D eigenvalue weighted by atomic mass is 10.3. The highest BCUT2D eigenvalue weighted by Gasteiger charge is 2.10. The van der Waals surface area contributed by atoms with Crippen LogP contribution in [0.1, 0.15) is 12.6 Å². The zero-order chi connectivity index (χ0) is 10.1. The Morgan fingerprint density at radius 3 is 2.93 bits per heavy atom. The number of aromatic nitrogens is 3. The summed E-state index contributed by atoms with van der Waals surface area (Å²) in [4.78, 5) is 12.4. The van der Waals surface area contributed by atoms with Gasteiger partial charge in [0.15, 0.2) is 9.99 Å². The molecule has 0 aromatic carbocycles. The monoisotopic (exact) mass is 227 g/mol. The second-order valence-corrected chi connectivity index (χ2v) is 5.31. The van der Waals surface area contributed by atoms with Crippen molar-refractivity contribution in [1.29, 1.82) is 0 Å². The number of nitrogens with zero attached hydrogens (tertiary/aromatic N) is 3. The number of aryl methyl sites for hydroxylation is 1. The molecule has 2 heterocycles. The van der Waals surface area contributed by atoms with Gasteiger partial charge in [-0.2, -0.15) is 0 Å². The van der Waals surface area contributed by atoms with Gasteiger partial charge in [0.2, 0.25) is 0 Å². The van der Waals surface area contributed by atoms with Crippen LogP contribution in [0.4, 0.5) is 0 Å². The number of hydrogen-bond donors (Lipinski definition) is 0. The lowest BCUT2D eigenvalue weighted by Gasteiger charge is -1.93. The molecule has 0 radical (unpaired) electrons. The molecule has 0 aliphatic rings. The average Bonchev–Trinajstić information content (AvgIpc) is 2.60. The first-order chi connectivity index (χ1) is 6.72. The van der Waals surface area contributed by atoms with Crippen molar-refractivity contribution in [3.8, 4) is 0 Å². The number of thiazole rings is 1. The highest BCUT2D eigenvalue weighted by molar-refractivity contribution is 7.86. The average molecular weight is 227 g/mol. The van der Waals surface area contributed by atoms with Crippen LogP contribution in [0.3, 0.4) is 0 Å². The first-order valence-electron chi connectivity index (χ1n) is 4.16. The predicted molar refractivity (Wildman–Crippen MR) is 56.9 cm³/mol. The summed E-state index contributed by atoms with van der Waals surface area (Å²) < 4.78 is 12.8. The van der Waals surface area contributed by atoms with Gasteiger partial charge in [-0.1, -0.05) is 6.92 Å². The molecule has 0 spiro atoms. The van der Waals surface area contributed by atoms with Crippen LogP contribution in [0.2, 0.25) is 0 Å². The summed E-state index contributed by atoms with van der Waals surface area (Å²) in [6, 6.07) is 0. The van der Waals surface area contributed by atoms with Gasteiger partial charge in [-0.05, 0) is 6.42 Å². The highest BCUT2D eigenvalue weighted by atomic mass is 32.2. The van der Waals surface area contributed by atoms with E-state index in [1.54, 1.807) is 6.26 Å². The molecule has 0 bridgehead atoms. The Hall–Kier alpha value is -0.880. The van der Waals surface area contributed by atoms with E-state index in [1.165, 1.54) is 17.7 Å². The summed E-state index contributed by atoms with van der Waals surface area (Å²) in [5.74, 6) is 0. The fourth-order valence-electron chi connectivity index (χ4n) is 1.16. The lowest BCUT2D eigenvalue weighted by molar-refractivity contribution is 0.686. The summed E-state index contributed by atoms with van der Waals surface area (Å²) in [5, 5.41) is 0. The minimum atomic E-state index is -1.03. The largest absolute Gasteiger partial charge is 0.252 e. The van der Waals surface area contributed by atoms with Crippen LogP contribution < -0.4 is 0 Å². The first kappa shape index (κ1) is 9.67. The molecule has 14 heavy (non-hydrogen) atoms. The molecule has 2 rings (SSSR count). The maximum atomic E-state index is 11.2. The Balaban J connectivity index is 2.70. The quantitative estimate of drug-likeness (QED) is 0.778. The maximum Gasteiger partial charge on any atom is 0.183 e. The molecule has 2 aromatic rings. The fraction of sp³-hybridized carbons (Fsp3) is 0.375. The van der Waals surface area contributed by atoms with Crippen molar-refractivity contribution in [2.24, 2.45) is 0 Å². The van der Waals surface area contributed by atoms with Crippen molar-refractivity contribution in [1.82, 2.24) is 15.0 Å². The Morgan fingerprint density at radius 1 is 1.50 bits per heavy atom. The van der Waals surface area contributed by atoms with Crippen molar-refractivity contribution in [3.05, 3.63) is 12.0 Å². The summed E-state index contributed by atoms with van der Waals surface area (Å²) in [7, 11) is -1.03. The summed E-state index contributed by atoms with van der Waals surface area (Å²) >= 11 is 1.42. The van der Waals surface area contributed by atoms with Gasteiger partial charge in [0.05, 0.1) is 21.2 Å². The second kappa shape index (κ2) is 3.70. The summed E-state index contributed by atoms with van der Waals surface area (Å²) in [6.45, 7) is 2.03. The number of rotatable bonds is 2. The molecular formula is C8H9N3OS2. The normalized spacial score (nSPS) is 13.3. The molecule has 1 atom stereocenters. The minimum Gasteiger partial charge on any atom is -0.252 e. The second-order valence-electron chi connectivity index (χ2n) is 2.76. The molecule has 2 aromatic heterocycles. The van der Waals surface area contributed by atoms with E-state index in [2.05, 4.69) is 15.0 Å². The molecule has 0 N–H and O–H groups in total. The van der Waals surface area contributed by atoms with Crippen molar-refractivity contribution < 1.29 is 4.21 Å².